The molecule has 0 radical (unpaired) electrons. The molecule has 6 nitrogen and oxygen atoms in total. The number of benzene rings is 2. The van der Waals surface area contributed by atoms with E-state index in [0.29, 0.717) is 39.0 Å². The molecule has 2 amide bonds. The Labute approximate surface area is 178 Å². The lowest BCUT2D eigenvalue weighted by Gasteiger charge is -2.32. The van der Waals surface area contributed by atoms with Crippen molar-refractivity contribution in [1.82, 2.24) is 9.80 Å². The van der Waals surface area contributed by atoms with Crippen LogP contribution >= 0.6 is 0 Å². The lowest BCUT2D eigenvalue weighted by Crippen LogP contribution is -2.45. The van der Waals surface area contributed by atoms with E-state index < -0.39 is 0 Å². The first-order chi connectivity index (χ1) is 14.5. The number of hydrogen-bond acceptors (Lipinski definition) is 4. The highest BCUT2D eigenvalue weighted by molar-refractivity contribution is 5.92. The number of aryl methyl sites for hydroxylation is 1. The molecule has 2 aromatic carbocycles. The molecule has 160 valence electrons. The molecular weight excluding hydrogens is 378 g/mol. The highest BCUT2D eigenvalue weighted by atomic mass is 16.5. The monoisotopic (exact) mass is 409 g/mol. The van der Waals surface area contributed by atoms with Crippen molar-refractivity contribution in [2.24, 2.45) is 5.92 Å². The summed E-state index contributed by atoms with van der Waals surface area (Å²) in [5.74, 6) is 0.927. The van der Waals surface area contributed by atoms with E-state index in [0.717, 1.165) is 17.0 Å². The fourth-order valence-electron chi connectivity index (χ4n) is 3.87. The molecule has 0 aromatic heterocycles. The van der Waals surface area contributed by atoms with Gasteiger partial charge in [0.1, 0.15) is 5.75 Å². The molecule has 1 heterocycles. The number of nitrogens with zero attached hydrogens (tertiary/aromatic N) is 2. The van der Waals surface area contributed by atoms with E-state index in [1.807, 2.05) is 66.2 Å². The van der Waals surface area contributed by atoms with Gasteiger partial charge in [0, 0.05) is 36.8 Å². The topological polar surface area (TPSA) is 61.9 Å². The van der Waals surface area contributed by atoms with Crippen molar-refractivity contribution in [2.45, 2.75) is 26.3 Å². The first-order valence-corrected chi connectivity index (χ1v) is 10.4. The Hall–Kier alpha value is -2.86. The minimum Gasteiger partial charge on any atom is -0.496 e. The fourth-order valence-corrected chi connectivity index (χ4v) is 3.87. The van der Waals surface area contributed by atoms with Crippen LogP contribution in [0.1, 0.15) is 24.0 Å². The zero-order valence-corrected chi connectivity index (χ0v) is 18.1. The van der Waals surface area contributed by atoms with E-state index in [1.54, 1.807) is 7.11 Å². The van der Waals surface area contributed by atoms with E-state index in [9.17, 15) is 9.59 Å². The molecule has 0 aliphatic carbocycles. The van der Waals surface area contributed by atoms with E-state index in [2.05, 4.69) is 11.4 Å². The molecule has 0 spiro atoms. The number of carbonyl (C=O) groups excluding carboxylic acids is 2. The lowest BCUT2D eigenvalue weighted by molar-refractivity contribution is -0.135. The molecule has 0 bridgehead atoms. The van der Waals surface area contributed by atoms with Crippen LogP contribution in [0.2, 0.25) is 0 Å². The van der Waals surface area contributed by atoms with Crippen LogP contribution in [-0.2, 0) is 16.1 Å². The van der Waals surface area contributed by atoms with Crippen LogP contribution in [0, 0.1) is 12.8 Å². The van der Waals surface area contributed by atoms with Crippen LogP contribution < -0.4 is 10.1 Å². The number of methoxy groups -OCH3 is 1. The van der Waals surface area contributed by atoms with Crippen molar-refractivity contribution >= 4 is 17.5 Å². The SMILES string of the molecule is COc1ccc(C)cc1CN(C)CC(=O)N1CCC(C(=O)Nc2ccccc2)CC1. The van der Waals surface area contributed by atoms with Crippen LogP contribution in [0.25, 0.3) is 0 Å². The highest BCUT2D eigenvalue weighted by Gasteiger charge is 2.27. The zero-order valence-electron chi connectivity index (χ0n) is 18.1. The van der Waals surface area contributed by atoms with Crippen LogP contribution in [0.4, 0.5) is 5.69 Å². The molecule has 2 aromatic rings. The number of amides is 2. The minimum atomic E-state index is -0.0523. The largest absolute Gasteiger partial charge is 0.496 e. The van der Waals surface area contributed by atoms with E-state index in [-0.39, 0.29) is 17.7 Å². The number of piperidine rings is 1. The Morgan fingerprint density at radius 1 is 1.13 bits per heavy atom. The Morgan fingerprint density at radius 2 is 1.83 bits per heavy atom. The fraction of sp³-hybridized carbons (Fsp3) is 0.417. The van der Waals surface area contributed by atoms with Crippen LogP contribution in [-0.4, -0.2) is 55.4 Å². The molecule has 0 unspecified atom stereocenters. The second kappa shape index (κ2) is 10.3. The van der Waals surface area contributed by atoms with Gasteiger partial charge in [0.05, 0.1) is 13.7 Å². The molecule has 0 atom stereocenters. The number of para-hydroxylation sites is 1. The van der Waals surface area contributed by atoms with E-state index >= 15 is 0 Å². The lowest BCUT2D eigenvalue weighted by atomic mass is 9.95. The number of hydrogen-bond donors (Lipinski definition) is 1. The third-order valence-corrected chi connectivity index (χ3v) is 5.54. The van der Waals surface area contributed by atoms with Gasteiger partial charge in [-0.25, -0.2) is 0 Å². The summed E-state index contributed by atoms with van der Waals surface area (Å²) >= 11 is 0. The maximum atomic E-state index is 12.7. The van der Waals surface area contributed by atoms with E-state index in [1.165, 1.54) is 5.56 Å². The van der Waals surface area contributed by atoms with Crippen molar-refractivity contribution in [3.05, 3.63) is 59.7 Å². The zero-order chi connectivity index (χ0) is 21.5. The molecule has 1 aliphatic heterocycles. The minimum absolute atomic E-state index is 0.0389. The second-order valence-corrected chi connectivity index (χ2v) is 8.00. The van der Waals surface area contributed by atoms with Gasteiger partial charge in [0.15, 0.2) is 0 Å². The Bertz CT molecular complexity index is 861. The second-order valence-electron chi connectivity index (χ2n) is 8.00. The van der Waals surface area contributed by atoms with Gasteiger partial charge in [-0.3, -0.25) is 14.5 Å². The standard InChI is InChI=1S/C24H31N3O3/c1-18-9-10-22(30-3)20(15-18)16-26(2)17-23(28)27-13-11-19(12-14-27)24(29)25-21-7-5-4-6-8-21/h4-10,15,19H,11-14,16-17H2,1-3H3,(H,25,29). The van der Waals surface area contributed by atoms with Gasteiger partial charge in [-0.15, -0.1) is 0 Å². The number of carbonyl (C=O) groups is 2. The Balaban J connectivity index is 1.47. The molecule has 1 aliphatic rings. The van der Waals surface area contributed by atoms with Crippen molar-refractivity contribution < 1.29 is 14.3 Å². The summed E-state index contributed by atoms with van der Waals surface area (Å²) in [6.45, 7) is 4.28. The van der Waals surface area contributed by atoms with E-state index in [4.69, 9.17) is 4.74 Å². The summed E-state index contributed by atoms with van der Waals surface area (Å²) in [6.07, 6.45) is 1.39. The molecule has 1 saturated heterocycles. The average Bonchev–Trinajstić information content (AvgIpc) is 2.74. The molecular formula is C24H31N3O3. The maximum absolute atomic E-state index is 12.7. The van der Waals surface area contributed by atoms with Gasteiger partial charge in [-0.2, -0.15) is 0 Å². The maximum Gasteiger partial charge on any atom is 0.236 e. The number of rotatable bonds is 7. The van der Waals surface area contributed by atoms with Gasteiger partial charge < -0.3 is 15.0 Å². The predicted octanol–water partition coefficient (Wildman–Crippen LogP) is 3.31. The van der Waals surface area contributed by atoms with Gasteiger partial charge in [-0.05, 0) is 45.0 Å². The molecule has 3 rings (SSSR count). The molecule has 1 fully saturated rings. The third kappa shape index (κ3) is 5.83. The highest BCUT2D eigenvalue weighted by Crippen LogP contribution is 2.22. The van der Waals surface area contributed by atoms with Crippen LogP contribution in [0.15, 0.2) is 48.5 Å². The summed E-state index contributed by atoms with van der Waals surface area (Å²) in [6, 6.07) is 15.6. The Kier molecular flexibility index (Phi) is 7.46. The van der Waals surface area contributed by atoms with Crippen molar-refractivity contribution in [2.75, 3.05) is 39.1 Å². The number of anilines is 1. The van der Waals surface area contributed by atoms with Crippen molar-refractivity contribution in [3.63, 3.8) is 0 Å². The molecule has 1 N–H and O–H groups in total. The quantitative estimate of drug-likeness (QED) is 0.762. The third-order valence-electron chi connectivity index (χ3n) is 5.54. The number of likely N-dealkylation sites (tertiary alicyclic amines) is 1. The number of ether oxygens (including phenoxy) is 1. The van der Waals surface area contributed by atoms with Crippen LogP contribution in [0.5, 0.6) is 5.75 Å². The van der Waals surface area contributed by atoms with Gasteiger partial charge >= 0.3 is 0 Å². The molecule has 0 saturated carbocycles. The normalized spacial score (nSPS) is 14.6. The first kappa shape index (κ1) is 21.8. The summed E-state index contributed by atoms with van der Waals surface area (Å²) in [4.78, 5) is 29.1. The molecule has 6 heteroatoms. The van der Waals surface area contributed by atoms with Gasteiger partial charge in [0.2, 0.25) is 11.8 Å². The summed E-state index contributed by atoms with van der Waals surface area (Å²) in [5, 5.41) is 2.97. The molecule has 30 heavy (non-hydrogen) atoms. The predicted molar refractivity (Wildman–Crippen MR) is 118 cm³/mol. The van der Waals surface area contributed by atoms with Gasteiger partial charge in [0.25, 0.3) is 0 Å². The smallest absolute Gasteiger partial charge is 0.236 e. The van der Waals surface area contributed by atoms with Crippen molar-refractivity contribution in [1.29, 1.82) is 0 Å². The summed E-state index contributed by atoms with van der Waals surface area (Å²) in [5.41, 5.74) is 3.06. The Morgan fingerprint density at radius 3 is 2.50 bits per heavy atom. The first-order valence-electron chi connectivity index (χ1n) is 10.4. The van der Waals surface area contributed by atoms with Crippen molar-refractivity contribution in [3.8, 4) is 5.75 Å². The average molecular weight is 410 g/mol. The number of likely N-dealkylation sites (N-methyl/N-ethyl adjacent to an activating group) is 1. The van der Waals surface area contributed by atoms with Crippen LogP contribution in [0.3, 0.4) is 0 Å². The summed E-state index contributed by atoms with van der Waals surface area (Å²) < 4.78 is 5.44. The summed E-state index contributed by atoms with van der Waals surface area (Å²) in [7, 11) is 3.61. The number of nitrogens with one attached hydrogen (secondary N) is 1. The van der Waals surface area contributed by atoms with Gasteiger partial charge in [-0.1, -0.05) is 35.9 Å².